The van der Waals surface area contributed by atoms with Crippen LogP contribution in [0.2, 0.25) is 0 Å². The molecule has 3 N–H and O–H groups in total. The molecular weight excluding hydrogens is 666 g/mol. The predicted molar refractivity (Wildman–Crippen MR) is 207 cm³/mol. The van der Waals surface area contributed by atoms with Gasteiger partial charge in [0.15, 0.2) is 6.29 Å². The molecule has 1 saturated heterocycles. The van der Waals surface area contributed by atoms with E-state index in [0.29, 0.717) is 6.54 Å². The average Bonchev–Trinajstić information content (AvgIpc) is 3.20. The lowest BCUT2D eigenvalue weighted by Crippen LogP contribution is -2.44. The van der Waals surface area contributed by atoms with E-state index >= 15 is 0 Å². The van der Waals surface area contributed by atoms with Gasteiger partial charge in [-0.3, -0.25) is 9.69 Å². The number of esters is 1. The highest BCUT2D eigenvalue weighted by molar-refractivity contribution is 5.83. The quantitative estimate of drug-likeness (QED) is 0.107. The van der Waals surface area contributed by atoms with Crippen molar-refractivity contribution in [2.45, 2.75) is 58.5 Å². The van der Waals surface area contributed by atoms with Crippen molar-refractivity contribution in [2.24, 2.45) is 5.92 Å². The van der Waals surface area contributed by atoms with Crippen molar-refractivity contribution in [1.82, 2.24) is 15.5 Å². The minimum Gasteiger partial charge on any atom is -0.465 e. The molecular formula is C44H49N3O6. The number of hydrogen-bond donors (Lipinski definition) is 3. The monoisotopic (exact) mass is 715 g/mol. The minimum absolute atomic E-state index is 0.0125. The molecule has 9 nitrogen and oxygen atoms in total. The first-order valence-electron chi connectivity index (χ1n) is 18.3. The normalized spacial score (nSPS) is 19.1. The summed E-state index contributed by atoms with van der Waals surface area (Å²) < 4.78 is 18.4. The van der Waals surface area contributed by atoms with E-state index in [4.69, 9.17) is 14.2 Å². The van der Waals surface area contributed by atoms with Gasteiger partial charge >= 0.3 is 12.0 Å². The van der Waals surface area contributed by atoms with E-state index in [1.807, 2.05) is 72.8 Å². The number of aliphatic hydroxyl groups excluding tert-OH is 1. The van der Waals surface area contributed by atoms with E-state index in [1.54, 1.807) is 6.92 Å². The number of aliphatic hydroxyl groups is 1. The Kier molecular flexibility index (Phi) is 12.5. The lowest BCUT2D eigenvalue weighted by Gasteiger charge is -2.43. The highest BCUT2D eigenvalue weighted by atomic mass is 16.7. The van der Waals surface area contributed by atoms with Gasteiger partial charge < -0.3 is 30.0 Å². The number of fused-ring (bicyclic) bond motifs is 1. The molecule has 0 bridgehead atoms. The topological polar surface area (TPSA) is 109 Å². The molecule has 53 heavy (non-hydrogen) atoms. The number of urea groups is 1. The molecule has 5 aromatic rings. The van der Waals surface area contributed by atoms with Crippen LogP contribution in [-0.2, 0) is 32.2 Å². The molecule has 2 amide bonds. The number of rotatable bonds is 13. The second-order valence-corrected chi connectivity index (χ2v) is 13.7. The molecule has 276 valence electrons. The summed E-state index contributed by atoms with van der Waals surface area (Å²) in [7, 11) is 2.15. The molecule has 5 atom stereocenters. The van der Waals surface area contributed by atoms with Crippen molar-refractivity contribution in [3.63, 3.8) is 0 Å². The zero-order valence-electron chi connectivity index (χ0n) is 30.8. The van der Waals surface area contributed by atoms with Crippen LogP contribution in [0.3, 0.4) is 0 Å². The Hall–Kier alpha value is -5.06. The maximum Gasteiger partial charge on any atom is 0.325 e. The van der Waals surface area contributed by atoms with Gasteiger partial charge in [0.1, 0.15) is 6.54 Å². The number of nitrogens with zero attached hydrogens (tertiary/aromatic N) is 1. The predicted octanol–water partition coefficient (Wildman–Crippen LogP) is 7.85. The number of hydrogen-bond acceptors (Lipinski definition) is 7. The first-order valence-corrected chi connectivity index (χ1v) is 18.3. The van der Waals surface area contributed by atoms with Crippen molar-refractivity contribution >= 4 is 22.8 Å². The van der Waals surface area contributed by atoms with E-state index in [9.17, 15) is 14.7 Å². The van der Waals surface area contributed by atoms with Gasteiger partial charge in [-0.05, 0) is 71.1 Å². The Morgan fingerprint density at radius 2 is 1.55 bits per heavy atom. The van der Waals surface area contributed by atoms with Crippen LogP contribution in [0.25, 0.3) is 21.9 Å². The van der Waals surface area contributed by atoms with Crippen LogP contribution in [0.15, 0.2) is 115 Å². The summed E-state index contributed by atoms with van der Waals surface area (Å²) in [6.07, 6.45) is -0.958. The second-order valence-electron chi connectivity index (χ2n) is 13.7. The van der Waals surface area contributed by atoms with Crippen LogP contribution in [0.4, 0.5) is 4.79 Å². The third-order valence-corrected chi connectivity index (χ3v) is 10.2. The maximum absolute atomic E-state index is 12.4. The number of nitrogens with one attached hydrogen (secondary N) is 2. The average molecular weight is 716 g/mol. The van der Waals surface area contributed by atoms with Crippen molar-refractivity contribution in [3.05, 3.63) is 143 Å². The summed E-state index contributed by atoms with van der Waals surface area (Å²) in [6, 6.07) is 38.9. The zero-order valence-corrected chi connectivity index (χ0v) is 30.8. The molecule has 0 saturated carbocycles. The van der Waals surface area contributed by atoms with Crippen molar-refractivity contribution < 1.29 is 28.9 Å². The number of amides is 2. The highest BCUT2D eigenvalue weighted by Crippen LogP contribution is 2.42. The van der Waals surface area contributed by atoms with Crippen molar-refractivity contribution in [2.75, 3.05) is 26.7 Å². The van der Waals surface area contributed by atoms with Gasteiger partial charge in [0, 0.05) is 30.6 Å². The second kappa shape index (κ2) is 17.6. The summed E-state index contributed by atoms with van der Waals surface area (Å²) in [6.45, 7) is 7.18. The van der Waals surface area contributed by atoms with Gasteiger partial charge in [-0.2, -0.15) is 0 Å². The summed E-state index contributed by atoms with van der Waals surface area (Å²) in [5.41, 5.74) is 6.95. The molecule has 5 aromatic carbocycles. The summed E-state index contributed by atoms with van der Waals surface area (Å²) in [5, 5.41) is 17.5. The Morgan fingerprint density at radius 1 is 0.849 bits per heavy atom. The van der Waals surface area contributed by atoms with Crippen LogP contribution in [0.5, 0.6) is 0 Å². The molecule has 0 aliphatic carbocycles. The van der Waals surface area contributed by atoms with Crippen molar-refractivity contribution in [1.29, 1.82) is 0 Å². The molecule has 1 aliphatic rings. The molecule has 1 aliphatic heterocycles. The molecule has 1 fully saturated rings. The first kappa shape index (κ1) is 37.7. The molecule has 9 heteroatoms. The van der Waals surface area contributed by atoms with E-state index < -0.39 is 18.3 Å². The smallest absolute Gasteiger partial charge is 0.325 e. The molecule has 1 heterocycles. The Morgan fingerprint density at radius 3 is 2.28 bits per heavy atom. The summed E-state index contributed by atoms with van der Waals surface area (Å²) in [5.74, 6) is -0.436. The number of likely N-dealkylation sites (N-methyl/N-ethyl adjacent to an activating group) is 1. The first-order chi connectivity index (χ1) is 25.7. The maximum atomic E-state index is 12.4. The summed E-state index contributed by atoms with van der Waals surface area (Å²) in [4.78, 5) is 26.3. The van der Waals surface area contributed by atoms with Crippen LogP contribution < -0.4 is 10.6 Å². The van der Waals surface area contributed by atoms with Crippen LogP contribution in [0, 0.1) is 5.92 Å². The van der Waals surface area contributed by atoms with Gasteiger partial charge in [0.2, 0.25) is 0 Å². The van der Waals surface area contributed by atoms with E-state index in [-0.39, 0.29) is 50.5 Å². The molecule has 0 spiro atoms. The fourth-order valence-electron chi connectivity index (χ4n) is 6.87. The number of carbonyl (C=O) groups is 2. The fraction of sp³-hybridized carbons (Fsp3) is 0.318. The van der Waals surface area contributed by atoms with E-state index in [2.05, 4.69) is 78.9 Å². The van der Waals surface area contributed by atoms with Crippen LogP contribution >= 0.6 is 0 Å². The van der Waals surface area contributed by atoms with Crippen LogP contribution in [0.1, 0.15) is 67.0 Å². The molecule has 0 radical (unpaired) electrons. The Labute approximate surface area is 311 Å². The molecule has 0 unspecified atom stereocenters. The third-order valence-electron chi connectivity index (χ3n) is 10.2. The molecule has 6 rings (SSSR count). The fourth-order valence-corrected chi connectivity index (χ4v) is 6.87. The molecule has 0 aromatic heterocycles. The Balaban J connectivity index is 1.19. The third kappa shape index (κ3) is 9.30. The van der Waals surface area contributed by atoms with E-state index in [0.717, 1.165) is 33.4 Å². The number of benzene rings is 5. The van der Waals surface area contributed by atoms with Gasteiger partial charge in [-0.1, -0.05) is 116 Å². The van der Waals surface area contributed by atoms with Gasteiger partial charge in [-0.25, -0.2) is 4.79 Å². The number of ether oxygens (including phenoxy) is 3. The highest BCUT2D eigenvalue weighted by Gasteiger charge is 2.39. The minimum atomic E-state index is -0.600. The Bertz CT molecular complexity index is 1980. The number of carbonyl (C=O) groups excluding carboxylic acids is 2. The van der Waals surface area contributed by atoms with Gasteiger partial charge in [-0.15, -0.1) is 0 Å². The zero-order chi connectivity index (χ0) is 37.3. The van der Waals surface area contributed by atoms with Crippen molar-refractivity contribution in [3.8, 4) is 11.1 Å². The standard InChI is InChI=1S/C44H49N3O6/c1-5-51-41(49)26-46-44(50)45-25-38-12-8-9-13-39(38)33-19-21-35(22-20-33)43-52-40(29(2)42(53-43)34-16-14-31(28-48)15-17-34)27-47(4)30(3)36-23-18-32-10-6-7-11-37(32)24-36/h6-24,29-30,40,42-43,48H,5,25-28H2,1-4H3,(H2,45,46,50)/t29-,30+,40+,42+,43+/m0/s1. The lowest BCUT2D eigenvalue weighted by molar-refractivity contribution is -0.276. The van der Waals surface area contributed by atoms with Gasteiger partial charge in [0.05, 0.1) is 25.4 Å². The summed E-state index contributed by atoms with van der Waals surface area (Å²) >= 11 is 0. The van der Waals surface area contributed by atoms with E-state index in [1.165, 1.54) is 16.3 Å². The lowest BCUT2D eigenvalue weighted by atomic mass is 9.89. The largest absolute Gasteiger partial charge is 0.465 e. The van der Waals surface area contributed by atoms with Crippen LogP contribution in [-0.4, -0.2) is 54.9 Å². The SMILES string of the molecule is CCOC(=O)CNC(=O)NCc1ccccc1-c1ccc([C@@H]2O[C@H](CN(C)[C@H](C)c3ccc4ccccc4c3)[C@H](C)[C@H](c3ccc(CO)cc3)O2)cc1. The van der Waals surface area contributed by atoms with Gasteiger partial charge in [0.25, 0.3) is 0 Å².